The molecule has 3 heterocycles. The van der Waals surface area contributed by atoms with Crippen LogP contribution in [-0.2, 0) is 15.1 Å². The van der Waals surface area contributed by atoms with Gasteiger partial charge in [0.1, 0.15) is 29.4 Å². The van der Waals surface area contributed by atoms with Gasteiger partial charge >= 0.3 is 0 Å². The monoisotopic (exact) mass is 624 g/mol. The van der Waals surface area contributed by atoms with Gasteiger partial charge in [0.2, 0.25) is 5.95 Å². The maximum absolute atomic E-state index is 12.7. The number of methoxy groups -OCH3 is 2. The zero-order valence-electron chi connectivity index (χ0n) is 26.0. The normalized spacial score (nSPS) is 18.3. The summed E-state index contributed by atoms with van der Waals surface area (Å²) >= 11 is 0. The maximum atomic E-state index is 12.7. The molecule has 12 nitrogen and oxygen atoms in total. The van der Waals surface area contributed by atoms with Crippen molar-refractivity contribution in [2.75, 3.05) is 34.9 Å². The van der Waals surface area contributed by atoms with Crippen LogP contribution in [0.3, 0.4) is 0 Å². The summed E-state index contributed by atoms with van der Waals surface area (Å²) in [6.45, 7) is 0.0453. The molecule has 0 bridgehead atoms. The van der Waals surface area contributed by atoms with Gasteiger partial charge in [-0.3, -0.25) is 14.3 Å². The van der Waals surface area contributed by atoms with E-state index in [9.17, 15) is 9.90 Å². The molecule has 0 saturated carbocycles. The lowest BCUT2D eigenvalue weighted by atomic mass is 9.80. The number of aliphatic imine (C=N–C) groups is 1. The Morgan fingerprint density at radius 3 is 2.20 bits per heavy atom. The van der Waals surface area contributed by atoms with Gasteiger partial charge in [0.25, 0.3) is 5.56 Å². The number of ether oxygens (including phenoxy) is 4. The Hall–Kier alpha value is -5.04. The predicted octanol–water partition coefficient (Wildman–Crippen LogP) is 4.02. The molecule has 0 unspecified atom stereocenters. The fourth-order valence-corrected chi connectivity index (χ4v) is 5.67. The molecule has 1 fully saturated rings. The van der Waals surface area contributed by atoms with Crippen LogP contribution >= 0.6 is 0 Å². The third-order valence-corrected chi connectivity index (χ3v) is 7.98. The van der Waals surface area contributed by atoms with E-state index < -0.39 is 29.6 Å². The highest BCUT2D eigenvalue weighted by Crippen LogP contribution is 2.43. The molecule has 5 aromatic rings. The Kier molecular flexibility index (Phi) is 8.84. The van der Waals surface area contributed by atoms with Gasteiger partial charge in [0.05, 0.1) is 39.6 Å². The first-order valence-corrected chi connectivity index (χ1v) is 14.8. The molecule has 0 aliphatic carbocycles. The number of aromatic amines is 1. The van der Waals surface area contributed by atoms with E-state index in [0.29, 0.717) is 17.1 Å². The van der Waals surface area contributed by atoms with Crippen LogP contribution in [0.1, 0.15) is 29.3 Å². The summed E-state index contributed by atoms with van der Waals surface area (Å²) in [5.74, 6) is 1.57. The van der Waals surface area contributed by atoms with Gasteiger partial charge in [-0.1, -0.05) is 54.6 Å². The summed E-state index contributed by atoms with van der Waals surface area (Å²) in [5, 5.41) is 11.2. The summed E-state index contributed by atoms with van der Waals surface area (Å²) in [7, 11) is 6.88. The molecule has 1 aliphatic rings. The Labute approximate surface area is 265 Å². The number of H-pyrrole nitrogens is 1. The predicted molar refractivity (Wildman–Crippen MR) is 173 cm³/mol. The highest BCUT2D eigenvalue weighted by atomic mass is 16.6. The molecule has 3 atom stereocenters. The van der Waals surface area contributed by atoms with Crippen LogP contribution in [-0.4, -0.2) is 83.0 Å². The zero-order valence-corrected chi connectivity index (χ0v) is 26.0. The van der Waals surface area contributed by atoms with Crippen LogP contribution in [0.5, 0.6) is 11.5 Å². The Morgan fingerprint density at radius 1 is 1.00 bits per heavy atom. The number of fused-ring (bicyclic) bond motifs is 1. The van der Waals surface area contributed by atoms with Gasteiger partial charge in [-0.2, -0.15) is 4.98 Å². The summed E-state index contributed by atoms with van der Waals surface area (Å²) < 4.78 is 25.9. The fraction of sp³-hybridized carbons (Fsp3) is 0.294. The van der Waals surface area contributed by atoms with E-state index in [4.69, 9.17) is 18.9 Å². The van der Waals surface area contributed by atoms with Gasteiger partial charge in [0, 0.05) is 20.5 Å². The Bertz CT molecular complexity index is 1810. The van der Waals surface area contributed by atoms with Gasteiger partial charge < -0.3 is 29.0 Å². The van der Waals surface area contributed by atoms with Gasteiger partial charge in [-0.05, 0) is 41.0 Å². The molecule has 1 aliphatic heterocycles. The lowest BCUT2D eigenvalue weighted by molar-refractivity contribution is -0.0931. The SMILES string of the molecule is COc1ccc(C(OC[C@H]2O[C@@H](n3cnc4c(=O)[nH]c(/N=C/N(C)C)nc43)C[C@@H]2O)(c2ccccc2)c2ccc(OC)cc2)cc1. The average Bonchev–Trinajstić information content (AvgIpc) is 3.68. The van der Waals surface area contributed by atoms with Crippen LogP contribution < -0.4 is 15.0 Å². The number of hydrogen-bond acceptors (Lipinski definition) is 9. The molecule has 6 rings (SSSR count). The first kappa shape index (κ1) is 31.0. The number of nitrogens with one attached hydrogen (secondary N) is 1. The molecule has 238 valence electrons. The molecule has 2 N–H and O–H groups in total. The van der Waals surface area contributed by atoms with E-state index in [2.05, 4.69) is 19.9 Å². The summed E-state index contributed by atoms with van der Waals surface area (Å²) in [4.78, 5) is 30.1. The Morgan fingerprint density at radius 2 is 1.61 bits per heavy atom. The minimum Gasteiger partial charge on any atom is -0.497 e. The number of aromatic nitrogens is 4. The van der Waals surface area contributed by atoms with Crippen LogP contribution in [0, 0.1) is 0 Å². The van der Waals surface area contributed by atoms with Crippen molar-refractivity contribution in [3.63, 3.8) is 0 Å². The molecular formula is C34H36N6O6. The van der Waals surface area contributed by atoms with Crippen molar-refractivity contribution >= 4 is 23.5 Å². The molecule has 0 spiro atoms. The minimum absolute atomic E-state index is 0.0453. The highest BCUT2D eigenvalue weighted by molar-refractivity contribution is 5.71. The van der Waals surface area contributed by atoms with Crippen LogP contribution in [0.15, 0.2) is 95.0 Å². The quantitative estimate of drug-likeness (QED) is 0.127. The van der Waals surface area contributed by atoms with E-state index in [-0.39, 0.29) is 24.5 Å². The molecule has 46 heavy (non-hydrogen) atoms. The molecule has 12 heteroatoms. The first-order valence-electron chi connectivity index (χ1n) is 14.8. The molecule has 0 radical (unpaired) electrons. The second-order valence-corrected chi connectivity index (χ2v) is 11.2. The first-order chi connectivity index (χ1) is 22.3. The van der Waals surface area contributed by atoms with E-state index in [1.807, 2.05) is 93.0 Å². The molecule has 1 saturated heterocycles. The Balaban J connectivity index is 1.35. The second kappa shape index (κ2) is 13.1. The summed E-state index contributed by atoms with van der Waals surface area (Å²) in [6, 6.07) is 25.4. The van der Waals surface area contributed by atoms with E-state index in [1.165, 1.54) is 6.33 Å². The number of benzene rings is 3. The van der Waals surface area contributed by atoms with Crippen molar-refractivity contribution in [1.29, 1.82) is 0 Å². The number of rotatable bonds is 11. The number of nitrogens with zero attached hydrogens (tertiary/aromatic N) is 5. The third-order valence-electron chi connectivity index (χ3n) is 7.98. The maximum Gasteiger partial charge on any atom is 0.280 e. The van der Waals surface area contributed by atoms with Crippen LogP contribution in [0.25, 0.3) is 11.2 Å². The van der Waals surface area contributed by atoms with Crippen molar-refractivity contribution in [2.24, 2.45) is 4.99 Å². The van der Waals surface area contributed by atoms with E-state index >= 15 is 0 Å². The largest absolute Gasteiger partial charge is 0.497 e. The number of hydrogen-bond donors (Lipinski definition) is 2. The summed E-state index contributed by atoms with van der Waals surface area (Å²) in [6.07, 6.45) is 1.08. The van der Waals surface area contributed by atoms with Gasteiger partial charge in [0.15, 0.2) is 11.2 Å². The minimum atomic E-state index is -1.07. The average molecular weight is 625 g/mol. The van der Waals surface area contributed by atoms with Crippen molar-refractivity contribution in [3.05, 3.63) is 112 Å². The number of aliphatic hydroxyl groups is 1. The zero-order chi connectivity index (χ0) is 32.3. The van der Waals surface area contributed by atoms with Crippen LogP contribution in [0.2, 0.25) is 0 Å². The van der Waals surface area contributed by atoms with Gasteiger partial charge in [-0.15, -0.1) is 0 Å². The van der Waals surface area contributed by atoms with Crippen molar-refractivity contribution in [3.8, 4) is 11.5 Å². The van der Waals surface area contributed by atoms with Gasteiger partial charge in [-0.25, -0.2) is 9.98 Å². The molecule has 0 amide bonds. The highest BCUT2D eigenvalue weighted by Gasteiger charge is 2.42. The van der Waals surface area contributed by atoms with Crippen molar-refractivity contribution in [2.45, 2.75) is 30.5 Å². The van der Waals surface area contributed by atoms with Crippen molar-refractivity contribution in [1.82, 2.24) is 24.4 Å². The fourth-order valence-electron chi connectivity index (χ4n) is 5.67. The summed E-state index contributed by atoms with van der Waals surface area (Å²) in [5.41, 5.74) is 1.60. The van der Waals surface area contributed by atoms with E-state index in [1.54, 1.807) is 30.0 Å². The third kappa shape index (κ3) is 5.97. The number of imidazole rings is 1. The molecular weight excluding hydrogens is 588 g/mol. The lowest BCUT2D eigenvalue weighted by Gasteiger charge is -2.37. The van der Waals surface area contributed by atoms with Crippen molar-refractivity contribution < 1.29 is 24.1 Å². The molecule has 2 aromatic heterocycles. The smallest absolute Gasteiger partial charge is 0.280 e. The lowest BCUT2D eigenvalue weighted by Crippen LogP contribution is -2.38. The molecule has 3 aromatic carbocycles. The standard InChI is InChI=1S/C34H36N6O6/c1-39(2)20-36-33-37-31-30(32(42)38-33)35-21-40(31)29-18-27(41)28(46-29)19-45-34(22-8-6-5-7-9-22,23-10-14-25(43-3)15-11-23)24-12-16-26(44-4)17-13-24/h5-17,20-21,27-29,41H,18-19H2,1-4H3,(H,37,38,42)/b36-20+/t27-,28+,29+/m0/s1. The van der Waals surface area contributed by atoms with E-state index in [0.717, 1.165) is 16.7 Å². The van der Waals surface area contributed by atoms with Crippen LogP contribution in [0.4, 0.5) is 5.95 Å². The second-order valence-electron chi connectivity index (χ2n) is 11.2. The number of aliphatic hydroxyl groups excluding tert-OH is 1. The topological polar surface area (TPSA) is 136 Å².